The molecular weight excluding hydrogens is 338 g/mol. The van der Waals surface area contributed by atoms with Crippen molar-refractivity contribution in [1.29, 1.82) is 0 Å². The van der Waals surface area contributed by atoms with E-state index in [2.05, 4.69) is 10.3 Å². The van der Waals surface area contributed by atoms with Crippen LogP contribution in [0.1, 0.15) is 0 Å². The summed E-state index contributed by atoms with van der Waals surface area (Å²) in [4.78, 5) is 40.9. The number of hydrogen-bond donors (Lipinski definition) is 5. The van der Waals surface area contributed by atoms with E-state index in [0.717, 1.165) is 10.4 Å². The molecule has 2 rings (SSSR count). The molecule has 2 aromatic rings. The predicted molar refractivity (Wildman–Crippen MR) is 79.0 cm³/mol. The lowest BCUT2D eigenvalue weighted by Gasteiger charge is -2.21. The first-order chi connectivity index (χ1) is 9.68. The summed E-state index contributed by atoms with van der Waals surface area (Å²) >= 11 is 1.45. The lowest BCUT2D eigenvalue weighted by Crippen LogP contribution is -2.20. The third-order valence-electron chi connectivity index (χ3n) is 2.48. The molecule has 11 heteroatoms. The maximum absolute atomic E-state index is 11.2. The second kappa shape index (κ2) is 5.98. The number of pyridine rings is 1. The molecule has 2 heterocycles. The fraction of sp³-hybridized carbons (Fsp3) is 0.100. The van der Waals surface area contributed by atoms with Gasteiger partial charge in [0.25, 0.3) is 0 Å². The lowest BCUT2D eigenvalue weighted by molar-refractivity contribution is 0.343. The Labute approximate surface area is 123 Å². The molecular formula is C10H12N2O6P2S. The second-order valence-corrected chi connectivity index (χ2v) is 8.85. The van der Waals surface area contributed by atoms with Gasteiger partial charge in [0.1, 0.15) is 5.82 Å². The molecule has 0 fully saturated rings. The maximum atomic E-state index is 11.2. The van der Waals surface area contributed by atoms with Gasteiger partial charge in [-0.05, 0) is 29.1 Å². The van der Waals surface area contributed by atoms with E-state index in [9.17, 15) is 9.13 Å². The summed E-state index contributed by atoms with van der Waals surface area (Å²) in [5, 5.41) is 3.99. The van der Waals surface area contributed by atoms with Gasteiger partial charge in [-0.15, -0.1) is 11.3 Å². The maximum Gasteiger partial charge on any atom is 0.360 e. The van der Waals surface area contributed by atoms with Crippen LogP contribution in [0.4, 0.5) is 5.82 Å². The van der Waals surface area contributed by atoms with Crippen molar-refractivity contribution in [3.63, 3.8) is 0 Å². The summed E-state index contributed by atoms with van der Waals surface area (Å²) in [6, 6.07) is 6.82. The smallest absolute Gasteiger partial charge is 0.346 e. The van der Waals surface area contributed by atoms with Crippen molar-refractivity contribution in [3.8, 4) is 10.4 Å². The Bertz CT molecular complexity index is 688. The van der Waals surface area contributed by atoms with Gasteiger partial charge >= 0.3 is 15.2 Å². The molecule has 21 heavy (non-hydrogen) atoms. The molecule has 0 aromatic carbocycles. The van der Waals surface area contributed by atoms with Gasteiger partial charge in [-0.3, -0.25) is 9.13 Å². The second-order valence-electron chi connectivity index (χ2n) is 4.10. The number of thiophene rings is 1. The van der Waals surface area contributed by atoms with Crippen LogP contribution in [0.25, 0.3) is 10.4 Å². The van der Waals surface area contributed by atoms with Crippen LogP contribution in [-0.4, -0.2) is 30.1 Å². The van der Waals surface area contributed by atoms with Gasteiger partial charge in [-0.2, -0.15) is 0 Å². The van der Waals surface area contributed by atoms with E-state index in [4.69, 9.17) is 19.6 Å². The van der Waals surface area contributed by atoms with Gasteiger partial charge < -0.3 is 24.9 Å². The minimum Gasteiger partial charge on any atom is -0.346 e. The number of nitrogens with one attached hydrogen (secondary N) is 1. The van der Waals surface area contributed by atoms with Crippen LogP contribution in [0, 0.1) is 0 Å². The monoisotopic (exact) mass is 350 g/mol. The van der Waals surface area contributed by atoms with Gasteiger partial charge in [0, 0.05) is 11.1 Å². The lowest BCUT2D eigenvalue weighted by atomic mass is 10.2. The fourth-order valence-electron chi connectivity index (χ4n) is 1.60. The Kier molecular flexibility index (Phi) is 4.65. The molecule has 114 valence electrons. The molecule has 0 amide bonds. The number of aromatic nitrogens is 1. The van der Waals surface area contributed by atoms with E-state index in [1.807, 2.05) is 17.5 Å². The van der Waals surface area contributed by atoms with Crippen LogP contribution in [-0.2, 0) is 9.13 Å². The number of hydrogen-bond acceptors (Lipinski definition) is 5. The van der Waals surface area contributed by atoms with Crippen molar-refractivity contribution >= 4 is 32.3 Å². The Hall–Kier alpha value is -1.05. The van der Waals surface area contributed by atoms with Crippen molar-refractivity contribution < 1.29 is 28.7 Å². The number of nitrogens with zero attached hydrogens (tertiary/aromatic N) is 1. The molecule has 8 nitrogen and oxygen atoms in total. The highest BCUT2D eigenvalue weighted by Gasteiger charge is 2.43. The standard InChI is InChI=1S/C10H12N2O6P2S/c13-19(14,15)10(20(16,17)18)12-9-6-7(3-4-11-9)8-2-1-5-21-8/h1-6,10H,(H,11,12)(H2,13,14,15)(H2,16,17,18). The normalized spacial score (nSPS) is 12.6. The molecule has 0 saturated carbocycles. The van der Waals surface area contributed by atoms with Crippen molar-refractivity contribution in [2.45, 2.75) is 5.52 Å². The molecule has 5 N–H and O–H groups in total. The zero-order valence-corrected chi connectivity index (χ0v) is 13.0. The zero-order valence-electron chi connectivity index (χ0n) is 10.4. The summed E-state index contributed by atoms with van der Waals surface area (Å²) < 4.78 is 22.4. The van der Waals surface area contributed by atoms with Gasteiger partial charge in [-0.25, -0.2) is 4.98 Å². The minimum atomic E-state index is -5.05. The predicted octanol–water partition coefficient (Wildman–Crippen LogP) is 1.86. The van der Waals surface area contributed by atoms with Crippen LogP contribution >= 0.6 is 26.5 Å². The largest absolute Gasteiger partial charge is 0.360 e. The summed E-state index contributed by atoms with van der Waals surface area (Å²) in [7, 11) is -10.1. The summed E-state index contributed by atoms with van der Waals surface area (Å²) in [6.07, 6.45) is 1.38. The van der Waals surface area contributed by atoms with Crippen molar-refractivity contribution in [1.82, 2.24) is 4.98 Å². The molecule has 0 atom stereocenters. The van der Waals surface area contributed by atoms with Crippen molar-refractivity contribution in [3.05, 3.63) is 35.8 Å². The number of anilines is 1. The fourth-order valence-corrected chi connectivity index (χ4v) is 4.49. The van der Waals surface area contributed by atoms with Gasteiger partial charge in [0.15, 0.2) is 0 Å². The quantitative estimate of drug-likeness (QED) is 0.515. The Morgan fingerprint density at radius 3 is 2.33 bits per heavy atom. The van der Waals surface area contributed by atoms with Gasteiger partial charge in [0.2, 0.25) is 5.52 Å². The highest BCUT2D eigenvalue weighted by Crippen LogP contribution is 2.59. The Morgan fingerprint density at radius 1 is 1.14 bits per heavy atom. The third kappa shape index (κ3) is 4.21. The zero-order chi connectivity index (χ0) is 15.7. The van der Waals surface area contributed by atoms with Crippen molar-refractivity contribution in [2.75, 3.05) is 5.32 Å². The molecule has 0 saturated heterocycles. The SMILES string of the molecule is O=P(O)(O)C(Nc1cc(-c2cccs2)ccn1)P(=O)(O)O. The Morgan fingerprint density at radius 2 is 1.81 bits per heavy atom. The van der Waals surface area contributed by atoms with E-state index >= 15 is 0 Å². The first-order valence-corrected chi connectivity index (χ1v) is 9.79. The molecule has 2 aromatic heterocycles. The van der Waals surface area contributed by atoms with E-state index in [1.165, 1.54) is 23.6 Å². The van der Waals surface area contributed by atoms with Crippen LogP contribution in [0.2, 0.25) is 0 Å². The number of rotatable bonds is 5. The molecule has 0 unspecified atom stereocenters. The summed E-state index contributed by atoms with van der Waals surface area (Å²) in [6.45, 7) is 0. The van der Waals surface area contributed by atoms with Crippen LogP contribution < -0.4 is 5.32 Å². The Balaban J connectivity index is 2.32. The first-order valence-electron chi connectivity index (χ1n) is 5.55. The highest BCUT2D eigenvalue weighted by molar-refractivity contribution is 7.71. The average Bonchev–Trinajstić information content (AvgIpc) is 2.87. The molecule has 0 aliphatic heterocycles. The summed E-state index contributed by atoms with van der Waals surface area (Å²) in [5.41, 5.74) is -1.60. The minimum absolute atomic E-state index is 0.0300. The summed E-state index contributed by atoms with van der Waals surface area (Å²) in [5.74, 6) is -0.0300. The van der Waals surface area contributed by atoms with Crippen LogP contribution in [0.3, 0.4) is 0 Å². The van der Waals surface area contributed by atoms with E-state index in [1.54, 1.807) is 6.07 Å². The first kappa shape index (κ1) is 16.3. The van der Waals surface area contributed by atoms with Crippen LogP contribution in [0.15, 0.2) is 35.8 Å². The van der Waals surface area contributed by atoms with E-state index in [0.29, 0.717) is 0 Å². The van der Waals surface area contributed by atoms with E-state index in [-0.39, 0.29) is 5.82 Å². The van der Waals surface area contributed by atoms with Gasteiger partial charge in [-0.1, -0.05) is 6.07 Å². The van der Waals surface area contributed by atoms with Gasteiger partial charge in [0.05, 0.1) is 0 Å². The average molecular weight is 350 g/mol. The molecule has 0 radical (unpaired) electrons. The topological polar surface area (TPSA) is 140 Å². The molecule has 0 aliphatic carbocycles. The third-order valence-corrected chi connectivity index (χ3v) is 6.74. The van der Waals surface area contributed by atoms with E-state index < -0.39 is 20.7 Å². The van der Waals surface area contributed by atoms with Crippen molar-refractivity contribution in [2.24, 2.45) is 0 Å². The highest BCUT2D eigenvalue weighted by atomic mass is 32.1. The molecule has 0 aliphatic rings. The molecule has 0 bridgehead atoms. The molecule has 0 spiro atoms. The van der Waals surface area contributed by atoms with Crippen LogP contribution in [0.5, 0.6) is 0 Å².